The van der Waals surface area contributed by atoms with Crippen molar-refractivity contribution >= 4 is 5.97 Å². The Morgan fingerprint density at radius 2 is 2.12 bits per heavy atom. The second kappa shape index (κ2) is 4.28. The summed E-state index contributed by atoms with van der Waals surface area (Å²) in [5.74, 6) is -1.16. The van der Waals surface area contributed by atoms with E-state index in [1.165, 1.54) is 0 Å². The second-order valence-corrected chi connectivity index (χ2v) is 5.30. The van der Waals surface area contributed by atoms with Gasteiger partial charge in [0.05, 0.1) is 17.2 Å². The molecule has 16 heavy (non-hydrogen) atoms. The van der Waals surface area contributed by atoms with E-state index in [9.17, 15) is 4.79 Å². The Labute approximate surface area is 96.3 Å². The summed E-state index contributed by atoms with van der Waals surface area (Å²) in [4.78, 5) is 10.8. The average Bonchev–Trinajstić information content (AvgIpc) is 2.45. The highest BCUT2D eigenvalue weighted by atomic mass is 16.4. The van der Waals surface area contributed by atoms with E-state index in [0.29, 0.717) is 6.42 Å². The maximum Gasteiger partial charge on any atom is 0.306 e. The smallest absolute Gasteiger partial charge is 0.306 e. The van der Waals surface area contributed by atoms with Gasteiger partial charge in [0, 0.05) is 12.1 Å². The Morgan fingerprint density at radius 3 is 2.50 bits per heavy atom. The first-order chi connectivity index (χ1) is 7.21. The van der Waals surface area contributed by atoms with Crippen molar-refractivity contribution in [1.82, 2.24) is 9.78 Å². The van der Waals surface area contributed by atoms with Crippen LogP contribution in [-0.4, -0.2) is 20.9 Å². The number of aliphatic carboxylic acids is 1. The zero-order valence-electron chi connectivity index (χ0n) is 10.6. The molecule has 0 spiro atoms. The number of hydrogen-bond acceptors (Lipinski definition) is 2. The van der Waals surface area contributed by atoms with Gasteiger partial charge in [0.15, 0.2) is 0 Å². The molecule has 0 radical (unpaired) electrons. The number of nitrogens with zero attached hydrogens (tertiary/aromatic N) is 2. The summed E-state index contributed by atoms with van der Waals surface area (Å²) < 4.78 is 1.94. The molecule has 0 amide bonds. The van der Waals surface area contributed by atoms with Crippen LogP contribution in [0.1, 0.15) is 39.1 Å². The lowest BCUT2D eigenvalue weighted by Gasteiger charge is -2.21. The van der Waals surface area contributed by atoms with Crippen molar-refractivity contribution in [3.8, 4) is 0 Å². The number of carbonyl (C=O) groups is 1. The van der Waals surface area contributed by atoms with E-state index in [-0.39, 0.29) is 11.5 Å². The van der Waals surface area contributed by atoms with Gasteiger partial charge in [-0.25, -0.2) is 0 Å². The zero-order valence-corrected chi connectivity index (χ0v) is 10.6. The standard InChI is InChI=1S/C12H20N2O2/c1-8(11(15)16)6-10-7-9(2)14(13-10)12(3,4)5/h7-8H,6H2,1-5H3,(H,15,16). The molecule has 0 bridgehead atoms. The van der Waals surface area contributed by atoms with E-state index in [2.05, 4.69) is 25.9 Å². The highest BCUT2D eigenvalue weighted by molar-refractivity contribution is 5.69. The molecule has 0 aromatic carbocycles. The molecule has 1 heterocycles. The lowest BCUT2D eigenvalue weighted by atomic mass is 10.1. The molecule has 4 heteroatoms. The van der Waals surface area contributed by atoms with Crippen molar-refractivity contribution in [2.24, 2.45) is 5.92 Å². The first-order valence-corrected chi connectivity index (χ1v) is 5.50. The van der Waals surface area contributed by atoms with Gasteiger partial charge in [-0.3, -0.25) is 9.48 Å². The summed E-state index contributed by atoms with van der Waals surface area (Å²) in [6, 6.07) is 1.96. The number of carboxylic acid groups (broad SMARTS) is 1. The van der Waals surface area contributed by atoms with Gasteiger partial charge >= 0.3 is 5.97 Å². The zero-order chi connectivity index (χ0) is 12.5. The molecule has 0 saturated heterocycles. The fraction of sp³-hybridized carbons (Fsp3) is 0.667. The Kier molecular flexibility index (Phi) is 3.41. The Bertz CT molecular complexity index is 388. The molecule has 0 aliphatic rings. The Hall–Kier alpha value is -1.32. The van der Waals surface area contributed by atoms with E-state index < -0.39 is 5.97 Å². The highest BCUT2D eigenvalue weighted by Gasteiger charge is 2.19. The van der Waals surface area contributed by atoms with Gasteiger partial charge in [-0.2, -0.15) is 5.10 Å². The van der Waals surface area contributed by atoms with Crippen LogP contribution in [0.25, 0.3) is 0 Å². The van der Waals surface area contributed by atoms with E-state index in [0.717, 1.165) is 11.4 Å². The van der Waals surface area contributed by atoms with E-state index in [1.54, 1.807) is 6.92 Å². The molecule has 1 N–H and O–H groups in total. The quantitative estimate of drug-likeness (QED) is 0.856. The molecule has 1 unspecified atom stereocenters. The van der Waals surface area contributed by atoms with Gasteiger partial charge in [-0.15, -0.1) is 0 Å². The average molecular weight is 224 g/mol. The summed E-state index contributed by atoms with van der Waals surface area (Å²) in [5, 5.41) is 13.3. The largest absolute Gasteiger partial charge is 0.481 e. The molecule has 0 aliphatic heterocycles. The normalized spacial score (nSPS) is 13.8. The third kappa shape index (κ3) is 2.84. The molecule has 0 aliphatic carbocycles. The monoisotopic (exact) mass is 224 g/mol. The van der Waals surface area contributed by atoms with Crippen molar-refractivity contribution in [3.63, 3.8) is 0 Å². The van der Waals surface area contributed by atoms with Crippen LogP contribution in [0.5, 0.6) is 0 Å². The van der Waals surface area contributed by atoms with Gasteiger partial charge in [-0.1, -0.05) is 6.92 Å². The minimum absolute atomic E-state index is 0.0607. The number of aryl methyl sites for hydroxylation is 1. The van der Waals surface area contributed by atoms with E-state index >= 15 is 0 Å². The first kappa shape index (κ1) is 12.7. The Balaban J connectivity index is 2.90. The second-order valence-electron chi connectivity index (χ2n) is 5.30. The number of rotatable bonds is 3. The van der Waals surface area contributed by atoms with E-state index in [1.807, 2.05) is 17.7 Å². The number of carboxylic acids is 1. The summed E-state index contributed by atoms with van der Waals surface area (Å²) in [7, 11) is 0. The Morgan fingerprint density at radius 1 is 1.56 bits per heavy atom. The predicted molar refractivity (Wildman–Crippen MR) is 62.5 cm³/mol. The highest BCUT2D eigenvalue weighted by Crippen LogP contribution is 2.18. The van der Waals surface area contributed by atoms with Gasteiger partial charge in [-0.05, 0) is 33.8 Å². The van der Waals surface area contributed by atoms with Gasteiger partial charge in [0.1, 0.15) is 0 Å². The lowest BCUT2D eigenvalue weighted by molar-refractivity contribution is -0.141. The van der Waals surface area contributed by atoms with Crippen molar-refractivity contribution in [2.75, 3.05) is 0 Å². The molecule has 90 valence electrons. The van der Waals surface area contributed by atoms with Crippen LogP contribution in [0, 0.1) is 12.8 Å². The SMILES string of the molecule is Cc1cc(CC(C)C(=O)O)nn1C(C)(C)C. The molecule has 0 fully saturated rings. The van der Waals surface area contributed by atoms with Crippen molar-refractivity contribution < 1.29 is 9.90 Å². The summed E-state index contributed by atoms with van der Waals surface area (Å²) in [6.07, 6.45) is 0.485. The van der Waals surface area contributed by atoms with Crippen LogP contribution in [0.15, 0.2) is 6.07 Å². The molecule has 1 atom stereocenters. The van der Waals surface area contributed by atoms with Crippen LogP contribution in [0.2, 0.25) is 0 Å². The maximum atomic E-state index is 10.8. The fourth-order valence-corrected chi connectivity index (χ4v) is 1.72. The van der Waals surface area contributed by atoms with Crippen LogP contribution in [0.3, 0.4) is 0 Å². The van der Waals surface area contributed by atoms with Gasteiger partial charge < -0.3 is 5.11 Å². The lowest BCUT2D eigenvalue weighted by Crippen LogP contribution is -2.24. The van der Waals surface area contributed by atoms with Crippen molar-refractivity contribution in [1.29, 1.82) is 0 Å². The van der Waals surface area contributed by atoms with Crippen LogP contribution < -0.4 is 0 Å². The maximum absolute atomic E-state index is 10.8. The molecular weight excluding hydrogens is 204 g/mol. The predicted octanol–water partition coefficient (Wildman–Crippen LogP) is 2.21. The number of aromatic nitrogens is 2. The summed E-state index contributed by atoms with van der Waals surface area (Å²) in [6.45, 7) is 9.94. The third-order valence-corrected chi connectivity index (χ3v) is 2.51. The molecular formula is C12H20N2O2. The van der Waals surface area contributed by atoms with Crippen LogP contribution in [-0.2, 0) is 16.8 Å². The summed E-state index contributed by atoms with van der Waals surface area (Å²) >= 11 is 0. The van der Waals surface area contributed by atoms with Crippen molar-refractivity contribution in [2.45, 2.75) is 46.6 Å². The van der Waals surface area contributed by atoms with Gasteiger partial charge in [0.2, 0.25) is 0 Å². The fourth-order valence-electron chi connectivity index (χ4n) is 1.72. The minimum Gasteiger partial charge on any atom is -0.481 e. The molecule has 4 nitrogen and oxygen atoms in total. The molecule has 1 aromatic rings. The minimum atomic E-state index is -0.775. The topological polar surface area (TPSA) is 55.1 Å². The van der Waals surface area contributed by atoms with Crippen molar-refractivity contribution in [3.05, 3.63) is 17.5 Å². The molecule has 0 saturated carbocycles. The molecule has 1 rings (SSSR count). The van der Waals surface area contributed by atoms with Crippen LogP contribution in [0.4, 0.5) is 0 Å². The first-order valence-electron chi connectivity index (χ1n) is 5.50. The van der Waals surface area contributed by atoms with Crippen LogP contribution >= 0.6 is 0 Å². The number of hydrogen-bond donors (Lipinski definition) is 1. The van der Waals surface area contributed by atoms with Gasteiger partial charge in [0.25, 0.3) is 0 Å². The van der Waals surface area contributed by atoms with E-state index in [4.69, 9.17) is 5.11 Å². The molecule has 1 aromatic heterocycles. The summed E-state index contributed by atoms with van der Waals surface area (Å²) in [5.41, 5.74) is 1.86. The third-order valence-electron chi connectivity index (χ3n) is 2.51.